The second kappa shape index (κ2) is 5.19. The van der Waals surface area contributed by atoms with E-state index < -0.39 is 29.0 Å². The van der Waals surface area contributed by atoms with Gasteiger partial charge >= 0.3 is 5.97 Å². The van der Waals surface area contributed by atoms with Crippen LogP contribution in [0.1, 0.15) is 10.4 Å². The third-order valence-corrected chi connectivity index (χ3v) is 2.64. The number of carboxylic acid groups (broad SMARTS) is 1. The molecule has 4 nitrogen and oxygen atoms in total. The average molecular weight is 285 g/mol. The van der Waals surface area contributed by atoms with E-state index in [1.54, 1.807) is 0 Å². The van der Waals surface area contributed by atoms with Gasteiger partial charge in [0.15, 0.2) is 11.6 Å². The van der Waals surface area contributed by atoms with Crippen molar-refractivity contribution in [3.05, 3.63) is 52.7 Å². The van der Waals surface area contributed by atoms with Gasteiger partial charge in [0.05, 0.1) is 10.7 Å². The van der Waals surface area contributed by atoms with E-state index in [1.807, 2.05) is 0 Å². The lowest BCUT2D eigenvalue weighted by Gasteiger charge is -2.10. The Bertz CT molecular complexity index is 629. The molecular formula is C12H7ClF2N2O2. The summed E-state index contributed by atoms with van der Waals surface area (Å²) in [6.07, 6.45) is 1.10. The van der Waals surface area contributed by atoms with E-state index in [2.05, 4.69) is 10.3 Å². The Morgan fingerprint density at radius 1 is 1.32 bits per heavy atom. The Kier molecular flexibility index (Phi) is 3.62. The lowest BCUT2D eigenvalue weighted by molar-refractivity contribution is 0.0692. The number of halogens is 3. The number of pyridine rings is 1. The lowest BCUT2D eigenvalue weighted by atomic mass is 10.2. The van der Waals surface area contributed by atoms with E-state index >= 15 is 0 Å². The van der Waals surface area contributed by atoms with Crippen LogP contribution in [0.25, 0.3) is 0 Å². The fourth-order valence-corrected chi connectivity index (χ4v) is 1.64. The number of para-hydroxylation sites is 1. The van der Waals surface area contributed by atoms with Gasteiger partial charge < -0.3 is 10.4 Å². The first-order valence-electron chi connectivity index (χ1n) is 5.09. The Labute approximate surface area is 111 Å². The quantitative estimate of drug-likeness (QED) is 0.906. The normalized spacial score (nSPS) is 10.3. The molecule has 0 unspecified atom stereocenters. The summed E-state index contributed by atoms with van der Waals surface area (Å²) in [6.45, 7) is 0. The van der Waals surface area contributed by atoms with Gasteiger partial charge in [0.2, 0.25) is 0 Å². The fourth-order valence-electron chi connectivity index (χ4n) is 1.43. The molecule has 0 spiro atoms. The second-order valence-electron chi connectivity index (χ2n) is 3.55. The number of aromatic carboxylic acids is 1. The van der Waals surface area contributed by atoms with Crippen molar-refractivity contribution >= 4 is 29.1 Å². The average Bonchev–Trinajstić information content (AvgIpc) is 2.35. The third-order valence-electron chi connectivity index (χ3n) is 2.33. The van der Waals surface area contributed by atoms with E-state index in [0.717, 1.165) is 18.3 Å². The zero-order valence-electron chi connectivity index (χ0n) is 9.32. The maximum atomic E-state index is 13.8. The molecule has 0 radical (unpaired) electrons. The predicted octanol–water partition coefficient (Wildman–Crippen LogP) is 3.46. The summed E-state index contributed by atoms with van der Waals surface area (Å²) >= 11 is 5.77. The minimum Gasteiger partial charge on any atom is -0.478 e. The fraction of sp³-hybridized carbons (Fsp3) is 0. The van der Waals surface area contributed by atoms with Crippen molar-refractivity contribution in [3.63, 3.8) is 0 Å². The number of rotatable bonds is 3. The summed E-state index contributed by atoms with van der Waals surface area (Å²) in [5.41, 5.74) is -0.733. The van der Waals surface area contributed by atoms with Gasteiger partial charge in [-0.05, 0) is 18.2 Å². The van der Waals surface area contributed by atoms with Crippen molar-refractivity contribution in [2.24, 2.45) is 0 Å². The first kappa shape index (κ1) is 13.2. The summed E-state index contributed by atoms with van der Waals surface area (Å²) in [6, 6.07) is 4.94. The molecule has 0 amide bonds. The largest absolute Gasteiger partial charge is 0.478 e. The highest BCUT2D eigenvalue weighted by Crippen LogP contribution is 2.28. The molecule has 0 atom stereocenters. The molecule has 0 saturated heterocycles. The zero-order chi connectivity index (χ0) is 14.0. The number of carboxylic acids is 1. The van der Waals surface area contributed by atoms with E-state index in [0.29, 0.717) is 0 Å². The minimum absolute atomic E-state index is 0.0296. The molecule has 0 aliphatic carbocycles. The minimum atomic E-state index is -1.44. The molecule has 0 fully saturated rings. The highest BCUT2D eigenvalue weighted by molar-refractivity contribution is 6.33. The molecule has 1 aromatic heterocycles. The maximum absolute atomic E-state index is 13.8. The molecule has 1 aromatic carbocycles. The standard InChI is InChI=1S/C12H7ClF2N2O2/c13-7-2-1-3-8(14)10(7)17-11-9(15)6(12(18)19)4-5-16-11/h1-5H,(H,16,17)(H,18,19). The zero-order valence-corrected chi connectivity index (χ0v) is 10.1. The van der Waals surface area contributed by atoms with Crippen LogP contribution in [0.5, 0.6) is 0 Å². The number of aromatic nitrogens is 1. The van der Waals surface area contributed by atoms with E-state index in [9.17, 15) is 13.6 Å². The van der Waals surface area contributed by atoms with Crippen LogP contribution in [-0.2, 0) is 0 Å². The van der Waals surface area contributed by atoms with Crippen molar-refractivity contribution in [2.45, 2.75) is 0 Å². The predicted molar refractivity (Wildman–Crippen MR) is 65.8 cm³/mol. The monoisotopic (exact) mass is 284 g/mol. The number of hydrogen-bond acceptors (Lipinski definition) is 3. The summed E-state index contributed by atoms with van der Waals surface area (Å²) < 4.78 is 27.3. The molecule has 0 aliphatic heterocycles. The number of carbonyl (C=O) groups is 1. The highest BCUT2D eigenvalue weighted by Gasteiger charge is 2.17. The molecular weight excluding hydrogens is 278 g/mol. The van der Waals surface area contributed by atoms with Crippen LogP contribution in [0.4, 0.5) is 20.3 Å². The van der Waals surface area contributed by atoms with Crippen LogP contribution in [-0.4, -0.2) is 16.1 Å². The van der Waals surface area contributed by atoms with Gasteiger partial charge in [-0.15, -0.1) is 0 Å². The smallest absolute Gasteiger partial charge is 0.338 e. The molecule has 7 heteroatoms. The molecule has 1 heterocycles. The van der Waals surface area contributed by atoms with Gasteiger partial charge in [-0.1, -0.05) is 17.7 Å². The van der Waals surface area contributed by atoms with Crippen LogP contribution >= 0.6 is 11.6 Å². The number of nitrogens with zero attached hydrogens (tertiary/aromatic N) is 1. The van der Waals surface area contributed by atoms with Gasteiger partial charge in [0, 0.05) is 6.20 Å². The number of anilines is 2. The van der Waals surface area contributed by atoms with E-state index in [4.69, 9.17) is 16.7 Å². The van der Waals surface area contributed by atoms with Crippen LogP contribution in [0, 0.1) is 11.6 Å². The number of benzene rings is 1. The topological polar surface area (TPSA) is 62.2 Å². The van der Waals surface area contributed by atoms with Gasteiger partial charge in [0.25, 0.3) is 0 Å². The molecule has 2 N–H and O–H groups in total. The molecule has 2 aromatic rings. The van der Waals surface area contributed by atoms with Gasteiger partial charge in [-0.3, -0.25) is 0 Å². The Hall–Kier alpha value is -2.21. The molecule has 2 rings (SSSR count). The van der Waals surface area contributed by atoms with Gasteiger partial charge in [0.1, 0.15) is 11.4 Å². The summed E-state index contributed by atoms with van der Waals surface area (Å²) in [4.78, 5) is 14.4. The van der Waals surface area contributed by atoms with Crippen molar-refractivity contribution in [2.75, 3.05) is 5.32 Å². The maximum Gasteiger partial charge on any atom is 0.338 e. The van der Waals surface area contributed by atoms with Crippen molar-refractivity contribution in [3.8, 4) is 0 Å². The molecule has 0 bridgehead atoms. The van der Waals surface area contributed by atoms with Crippen LogP contribution in [0.15, 0.2) is 30.5 Å². The molecule has 19 heavy (non-hydrogen) atoms. The molecule has 0 saturated carbocycles. The Morgan fingerprint density at radius 3 is 2.68 bits per heavy atom. The van der Waals surface area contributed by atoms with Crippen molar-refractivity contribution in [1.82, 2.24) is 4.98 Å². The summed E-state index contributed by atoms with van der Waals surface area (Å²) in [5.74, 6) is -3.64. The summed E-state index contributed by atoms with van der Waals surface area (Å²) in [7, 11) is 0. The highest BCUT2D eigenvalue weighted by atomic mass is 35.5. The lowest BCUT2D eigenvalue weighted by Crippen LogP contribution is -2.06. The van der Waals surface area contributed by atoms with Crippen LogP contribution in [0.2, 0.25) is 5.02 Å². The van der Waals surface area contributed by atoms with Crippen molar-refractivity contribution in [1.29, 1.82) is 0 Å². The van der Waals surface area contributed by atoms with E-state index in [-0.39, 0.29) is 10.7 Å². The Balaban J connectivity index is 2.45. The molecule has 0 aliphatic rings. The third kappa shape index (κ3) is 2.63. The Morgan fingerprint density at radius 2 is 2.05 bits per heavy atom. The van der Waals surface area contributed by atoms with Crippen molar-refractivity contribution < 1.29 is 18.7 Å². The molecule has 98 valence electrons. The van der Waals surface area contributed by atoms with Gasteiger partial charge in [-0.2, -0.15) is 0 Å². The SMILES string of the molecule is O=C(O)c1ccnc(Nc2c(F)cccc2Cl)c1F. The van der Waals surface area contributed by atoms with Crippen LogP contribution in [0.3, 0.4) is 0 Å². The number of hydrogen-bond donors (Lipinski definition) is 2. The van der Waals surface area contributed by atoms with Gasteiger partial charge in [-0.25, -0.2) is 18.6 Å². The second-order valence-corrected chi connectivity index (χ2v) is 3.96. The first-order valence-corrected chi connectivity index (χ1v) is 5.47. The van der Waals surface area contributed by atoms with E-state index in [1.165, 1.54) is 12.1 Å². The summed E-state index contributed by atoms with van der Waals surface area (Å²) in [5, 5.41) is 11.1. The number of nitrogens with one attached hydrogen (secondary N) is 1. The van der Waals surface area contributed by atoms with Crippen LogP contribution < -0.4 is 5.32 Å². The first-order chi connectivity index (χ1) is 9.00.